The number of carbonyl (C=O) groups is 2. The van der Waals surface area contributed by atoms with Crippen LogP contribution in [0, 0.1) is 0 Å². The summed E-state index contributed by atoms with van der Waals surface area (Å²) in [4.78, 5) is 23.2. The highest BCUT2D eigenvalue weighted by molar-refractivity contribution is 6.42. The maximum Gasteiger partial charge on any atom is 0.335 e. The second-order valence-electron chi connectivity index (χ2n) is 5.13. The molecular formula is C18H11Cl2NO4. The van der Waals surface area contributed by atoms with Crippen molar-refractivity contribution in [1.82, 2.24) is 0 Å². The van der Waals surface area contributed by atoms with Gasteiger partial charge < -0.3 is 14.8 Å². The SMILES string of the molecule is O=C(O)c1cccc(NC(=O)c2ccc(-c3ccc(Cl)c(Cl)c3)o2)c1. The fourth-order valence-corrected chi connectivity index (χ4v) is 2.49. The first kappa shape index (κ1) is 17.1. The molecule has 1 heterocycles. The summed E-state index contributed by atoms with van der Waals surface area (Å²) in [6.07, 6.45) is 0. The minimum atomic E-state index is -1.07. The molecule has 25 heavy (non-hydrogen) atoms. The molecule has 1 aromatic heterocycles. The van der Waals surface area contributed by atoms with Crippen molar-refractivity contribution < 1.29 is 19.1 Å². The highest BCUT2D eigenvalue weighted by Crippen LogP contribution is 2.29. The monoisotopic (exact) mass is 375 g/mol. The second-order valence-corrected chi connectivity index (χ2v) is 5.95. The molecule has 0 saturated carbocycles. The molecule has 7 heteroatoms. The molecule has 1 amide bonds. The van der Waals surface area contributed by atoms with Gasteiger partial charge in [-0.05, 0) is 48.5 Å². The van der Waals surface area contributed by atoms with Gasteiger partial charge in [-0.25, -0.2) is 4.79 Å². The molecule has 0 bridgehead atoms. The smallest absolute Gasteiger partial charge is 0.335 e. The van der Waals surface area contributed by atoms with E-state index in [4.69, 9.17) is 32.7 Å². The highest BCUT2D eigenvalue weighted by Gasteiger charge is 2.14. The molecule has 0 aliphatic rings. The van der Waals surface area contributed by atoms with Gasteiger partial charge in [0.15, 0.2) is 5.76 Å². The number of carboxylic acids is 1. The standard InChI is InChI=1S/C18H11Cl2NO4/c19-13-5-4-10(9-14(13)20)15-6-7-16(25-15)17(22)21-12-3-1-2-11(8-12)18(23)24/h1-9H,(H,21,22)(H,23,24). The molecule has 0 fully saturated rings. The number of carbonyl (C=O) groups excluding carboxylic acids is 1. The lowest BCUT2D eigenvalue weighted by Gasteiger charge is -2.04. The predicted octanol–water partition coefficient (Wildman–Crippen LogP) is 5.20. The van der Waals surface area contributed by atoms with E-state index in [1.165, 1.54) is 18.2 Å². The van der Waals surface area contributed by atoms with Gasteiger partial charge in [0.05, 0.1) is 15.6 Å². The third kappa shape index (κ3) is 3.84. The van der Waals surface area contributed by atoms with E-state index < -0.39 is 11.9 Å². The van der Waals surface area contributed by atoms with Crippen LogP contribution in [0.25, 0.3) is 11.3 Å². The van der Waals surface area contributed by atoms with Crippen molar-refractivity contribution >= 4 is 40.8 Å². The predicted molar refractivity (Wildman–Crippen MR) is 95.5 cm³/mol. The lowest BCUT2D eigenvalue weighted by Crippen LogP contribution is -2.11. The normalized spacial score (nSPS) is 10.5. The van der Waals surface area contributed by atoms with E-state index in [0.717, 1.165) is 0 Å². The van der Waals surface area contributed by atoms with E-state index in [1.54, 1.807) is 36.4 Å². The first-order chi connectivity index (χ1) is 11.9. The Hall–Kier alpha value is -2.76. The van der Waals surface area contributed by atoms with Crippen molar-refractivity contribution in [1.29, 1.82) is 0 Å². The average Bonchev–Trinajstić information content (AvgIpc) is 3.08. The van der Waals surface area contributed by atoms with Crippen LogP contribution in [-0.4, -0.2) is 17.0 Å². The van der Waals surface area contributed by atoms with E-state index in [-0.39, 0.29) is 11.3 Å². The van der Waals surface area contributed by atoms with Crippen molar-refractivity contribution in [2.75, 3.05) is 5.32 Å². The van der Waals surface area contributed by atoms with E-state index >= 15 is 0 Å². The number of hydrogen-bond donors (Lipinski definition) is 2. The summed E-state index contributed by atoms with van der Waals surface area (Å²) in [5, 5.41) is 12.4. The van der Waals surface area contributed by atoms with Gasteiger partial charge in [0.1, 0.15) is 5.76 Å². The number of rotatable bonds is 4. The van der Waals surface area contributed by atoms with Crippen molar-refractivity contribution in [3.05, 3.63) is 76.0 Å². The van der Waals surface area contributed by atoms with Crippen LogP contribution in [0.4, 0.5) is 5.69 Å². The molecule has 2 aromatic carbocycles. The Morgan fingerprint density at radius 1 is 0.960 bits per heavy atom. The lowest BCUT2D eigenvalue weighted by atomic mass is 10.2. The van der Waals surface area contributed by atoms with Gasteiger partial charge in [0.25, 0.3) is 5.91 Å². The van der Waals surface area contributed by atoms with Gasteiger partial charge >= 0.3 is 5.97 Å². The number of hydrogen-bond acceptors (Lipinski definition) is 3. The summed E-state index contributed by atoms with van der Waals surface area (Å²) in [5.41, 5.74) is 1.12. The van der Waals surface area contributed by atoms with Crippen molar-refractivity contribution in [2.45, 2.75) is 0 Å². The summed E-state index contributed by atoms with van der Waals surface area (Å²) in [5.74, 6) is -1.02. The molecule has 2 N–H and O–H groups in total. The summed E-state index contributed by atoms with van der Waals surface area (Å²) in [7, 11) is 0. The molecule has 3 aromatic rings. The second kappa shape index (κ2) is 7.01. The van der Waals surface area contributed by atoms with Gasteiger partial charge in [-0.1, -0.05) is 29.3 Å². The number of amides is 1. The van der Waals surface area contributed by atoms with Crippen molar-refractivity contribution in [3.63, 3.8) is 0 Å². The number of halogens is 2. The molecule has 0 unspecified atom stereocenters. The fourth-order valence-electron chi connectivity index (χ4n) is 2.19. The molecule has 0 radical (unpaired) electrons. The zero-order valence-corrected chi connectivity index (χ0v) is 14.1. The summed E-state index contributed by atoms with van der Waals surface area (Å²) < 4.78 is 5.55. The largest absolute Gasteiger partial charge is 0.478 e. The number of carboxylic acid groups (broad SMARTS) is 1. The summed E-state index contributed by atoms with van der Waals surface area (Å²) in [6, 6.07) is 14.1. The topological polar surface area (TPSA) is 79.5 Å². The minimum Gasteiger partial charge on any atom is -0.478 e. The van der Waals surface area contributed by atoms with Gasteiger partial charge in [0.2, 0.25) is 0 Å². The van der Waals surface area contributed by atoms with Crippen LogP contribution in [0.5, 0.6) is 0 Å². The maximum atomic E-state index is 12.3. The molecule has 0 aliphatic heterocycles. The van der Waals surface area contributed by atoms with Crippen LogP contribution < -0.4 is 5.32 Å². The van der Waals surface area contributed by atoms with Crippen LogP contribution >= 0.6 is 23.2 Å². The lowest BCUT2D eigenvalue weighted by molar-refractivity contribution is 0.0696. The molecule has 3 rings (SSSR count). The zero-order valence-electron chi connectivity index (χ0n) is 12.6. The third-order valence-corrected chi connectivity index (χ3v) is 4.14. The molecular weight excluding hydrogens is 365 g/mol. The van der Waals surface area contributed by atoms with Gasteiger partial charge in [-0.15, -0.1) is 0 Å². The Bertz CT molecular complexity index is 965. The average molecular weight is 376 g/mol. The van der Waals surface area contributed by atoms with Crippen LogP contribution in [0.3, 0.4) is 0 Å². The van der Waals surface area contributed by atoms with Crippen molar-refractivity contribution in [3.8, 4) is 11.3 Å². The van der Waals surface area contributed by atoms with E-state index in [9.17, 15) is 9.59 Å². The fraction of sp³-hybridized carbons (Fsp3) is 0. The maximum absolute atomic E-state index is 12.3. The number of furan rings is 1. The molecule has 0 saturated heterocycles. The molecule has 0 atom stereocenters. The first-order valence-corrected chi connectivity index (χ1v) is 7.89. The highest BCUT2D eigenvalue weighted by atomic mass is 35.5. The summed E-state index contributed by atoms with van der Waals surface area (Å²) in [6.45, 7) is 0. The number of benzene rings is 2. The Morgan fingerprint density at radius 3 is 2.48 bits per heavy atom. The van der Waals surface area contributed by atoms with Crippen molar-refractivity contribution in [2.24, 2.45) is 0 Å². The molecule has 0 spiro atoms. The molecule has 5 nitrogen and oxygen atoms in total. The van der Waals surface area contributed by atoms with Gasteiger partial charge in [-0.3, -0.25) is 4.79 Å². The zero-order chi connectivity index (χ0) is 18.0. The minimum absolute atomic E-state index is 0.0775. The molecule has 126 valence electrons. The first-order valence-electron chi connectivity index (χ1n) is 7.14. The number of aromatic carboxylic acids is 1. The Kier molecular flexibility index (Phi) is 4.79. The Labute approximate surface area is 152 Å². The van der Waals surface area contributed by atoms with Crippen LogP contribution in [-0.2, 0) is 0 Å². The quantitative estimate of drug-likeness (QED) is 0.656. The Morgan fingerprint density at radius 2 is 1.76 bits per heavy atom. The van der Waals surface area contributed by atoms with Crippen LogP contribution in [0.2, 0.25) is 10.0 Å². The van der Waals surface area contributed by atoms with E-state index in [2.05, 4.69) is 5.32 Å². The number of anilines is 1. The van der Waals surface area contributed by atoms with Crippen LogP contribution in [0.1, 0.15) is 20.9 Å². The van der Waals surface area contributed by atoms with E-state index in [1.807, 2.05) is 0 Å². The van der Waals surface area contributed by atoms with Gasteiger partial charge in [0, 0.05) is 11.3 Å². The Balaban J connectivity index is 1.80. The molecule has 0 aliphatic carbocycles. The van der Waals surface area contributed by atoms with E-state index in [0.29, 0.717) is 27.1 Å². The number of nitrogens with one attached hydrogen (secondary N) is 1. The third-order valence-electron chi connectivity index (χ3n) is 3.40. The van der Waals surface area contributed by atoms with Crippen LogP contribution in [0.15, 0.2) is 59.0 Å². The summed E-state index contributed by atoms with van der Waals surface area (Å²) >= 11 is 11.9. The van der Waals surface area contributed by atoms with Gasteiger partial charge in [-0.2, -0.15) is 0 Å².